The van der Waals surface area contributed by atoms with Gasteiger partial charge in [0.2, 0.25) is 0 Å². The zero-order valence-corrected chi connectivity index (χ0v) is 12.8. The Bertz CT molecular complexity index is 681. The quantitative estimate of drug-likeness (QED) is 0.602. The molecular formula is C17H16O6. The summed E-state index contributed by atoms with van der Waals surface area (Å²) < 4.78 is 20.2. The molecular weight excluding hydrogens is 300 g/mol. The van der Waals surface area contributed by atoms with Gasteiger partial charge < -0.3 is 18.9 Å². The van der Waals surface area contributed by atoms with E-state index in [9.17, 15) is 9.59 Å². The fourth-order valence-corrected chi connectivity index (χ4v) is 1.81. The van der Waals surface area contributed by atoms with Crippen LogP contribution in [0.25, 0.3) is 0 Å². The van der Waals surface area contributed by atoms with Crippen LogP contribution in [-0.2, 0) is 9.53 Å². The van der Waals surface area contributed by atoms with Crippen molar-refractivity contribution in [3.05, 3.63) is 54.1 Å². The van der Waals surface area contributed by atoms with Crippen molar-refractivity contribution in [2.45, 2.75) is 0 Å². The summed E-state index contributed by atoms with van der Waals surface area (Å²) in [5.74, 6) is -0.0770. The molecule has 0 aliphatic heterocycles. The fraction of sp³-hybridized carbons (Fsp3) is 0.176. The molecule has 2 rings (SSSR count). The number of hydrogen-bond donors (Lipinski definition) is 0. The van der Waals surface area contributed by atoms with Gasteiger partial charge in [0.05, 0.1) is 19.8 Å². The predicted molar refractivity (Wildman–Crippen MR) is 81.9 cm³/mol. The predicted octanol–water partition coefficient (Wildman–Crippen LogP) is 2.47. The summed E-state index contributed by atoms with van der Waals surface area (Å²) >= 11 is 0. The lowest BCUT2D eigenvalue weighted by atomic mass is 10.2. The van der Waals surface area contributed by atoms with E-state index in [2.05, 4.69) is 4.74 Å². The van der Waals surface area contributed by atoms with Crippen molar-refractivity contribution < 1.29 is 28.5 Å². The van der Waals surface area contributed by atoms with Crippen LogP contribution >= 0.6 is 0 Å². The molecule has 0 aliphatic rings. The second-order valence-corrected chi connectivity index (χ2v) is 4.43. The van der Waals surface area contributed by atoms with Gasteiger partial charge in [0.25, 0.3) is 0 Å². The molecule has 2 aromatic rings. The first-order valence-electron chi connectivity index (χ1n) is 6.79. The van der Waals surface area contributed by atoms with Crippen molar-refractivity contribution >= 4 is 11.9 Å². The number of ether oxygens (including phenoxy) is 4. The van der Waals surface area contributed by atoms with E-state index in [1.54, 1.807) is 24.3 Å². The van der Waals surface area contributed by atoms with E-state index < -0.39 is 11.9 Å². The first kappa shape index (κ1) is 16.4. The third kappa shape index (κ3) is 4.47. The maximum atomic E-state index is 11.8. The van der Waals surface area contributed by atoms with Crippen LogP contribution in [0.2, 0.25) is 0 Å². The van der Waals surface area contributed by atoms with Crippen LogP contribution in [0.1, 0.15) is 10.4 Å². The van der Waals surface area contributed by atoms with Crippen LogP contribution in [0, 0.1) is 0 Å². The summed E-state index contributed by atoms with van der Waals surface area (Å²) in [5, 5.41) is 0. The molecule has 23 heavy (non-hydrogen) atoms. The minimum Gasteiger partial charge on any atom is -0.493 e. The highest BCUT2D eigenvalue weighted by atomic mass is 16.6. The van der Waals surface area contributed by atoms with E-state index >= 15 is 0 Å². The largest absolute Gasteiger partial charge is 0.493 e. The summed E-state index contributed by atoms with van der Waals surface area (Å²) in [6.07, 6.45) is 0. The van der Waals surface area contributed by atoms with Crippen LogP contribution in [0.15, 0.2) is 48.5 Å². The molecule has 2 aromatic carbocycles. The molecule has 6 heteroatoms. The SMILES string of the molecule is COC(=O)c1ccc(OC(=O)COc2ccccc2)c(OC)c1. The van der Waals surface area contributed by atoms with E-state index in [4.69, 9.17) is 14.2 Å². The Labute approximate surface area is 133 Å². The van der Waals surface area contributed by atoms with E-state index in [-0.39, 0.29) is 18.1 Å². The summed E-state index contributed by atoms with van der Waals surface area (Å²) in [6.45, 7) is -0.244. The number of esters is 2. The molecule has 120 valence electrons. The highest BCUT2D eigenvalue weighted by molar-refractivity contribution is 5.90. The number of methoxy groups -OCH3 is 2. The van der Waals surface area contributed by atoms with Crippen molar-refractivity contribution in [3.8, 4) is 17.2 Å². The number of carbonyl (C=O) groups is 2. The van der Waals surface area contributed by atoms with Gasteiger partial charge in [0.15, 0.2) is 18.1 Å². The Morgan fingerprint density at radius 1 is 0.957 bits per heavy atom. The number of rotatable bonds is 6. The molecule has 0 amide bonds. The maximum Gasteiger partial charge on any atom is 0.349 e. The van der Waals surface area contributed by atoms with Gasteiger partial charge in [-0.25, -0.2) is 9.59 Å². The average molecular weight is 316 g/mol. The molecule has 0 heterocycles. The molecule has 0 bridgehead atoms. The molecule has 0 saturated heterocycles. The second-order valence-electron chi connectivity index (χ2n) is 4.43. The molecule has 0 unspecified atom stereocenters. The van der Waals surface area contributed by atoms with Gasteiger partial charge in [-0.15, -0.1) is 0 Å². The summed E-state index contributed by atoms with van der Waals surface area (Å²) in [5.41, 5.74) is 0.296. The minimum atomic E-state index is -0.585. The smallest absolute Gasteiger partial charge is 0.349 e. The lowest BCUT2D eigenvalue weighted by molar-refractivity contribution is -0.136. The highest BCUT2D eigenvalue weighted by Crippen LogP contribution is 2.28. The molecule has 0 aliphatic carbocycles. The van der Waals surface area contributed by atoms with Gasteiger partial charge in [-0.05, 0) is 30.3 Å². The van der Waals surface area contributed by atoms with Crippen molar-refractivity contribution in [1.29, 1.82) is 0 Å². The molecule has 0 saturated carbocycles. The maximum absolute atomic E-state index is 11.8. The van der Waals surface area contributed by atoms with Gasteiger partial charge in [0.1, 0.15) is 5.75 Å². The van der Waals surface area contributed by atoms with Gasteiger partial charge in [-0.1, -0.05) is 18.2 Å². The van der Waals surface area contributed by atoms with Crippen LogP contribution in [0.3, 0.4) is 0 Å². The average Bonchev–Trinajstić information content (AvgIpc) is 2.60. The lowest BCUT2D eigenvalue weighted by Gasteiger charge is -2.11. The van der Waals surface area contributed by atoms with E-state index in [0.29, 0.717) is 11.3 Å². The molecule has 0 N–H and O–H groups in total. The molecule has 0 atom stereocenters. The van der Waals surface area contributed by atoms with Crippen molar-refractivity contribution in [1.82, 2.24) is 0 Å². The fourth-order valence-electron chi connectivity index (χ4n) is 1.81. The highest BCUT2D eigenvalue weighted by Gasteiger charge is 2.14. The molecule has 0 fully saturated rings. The number of hydrogen-bond acceptors (Lipinski definition) is 6. The molecule has 6 nitrogen and oxygen atoms in total. The van der Waals surface area contributed by atoms with Gasteiger partial charge in [-0.2, -0.15) is 0 Å². The number of para-hydroxylation sites is 1. The van der Waals surface area contributed by atoms with Crippen molar-refractivity contribution in [3.63, 3.8) is 0 Å². The Kier molecular flexibility index (Phi) is 5.57. The Balaban J connectivity index is 2.01. The first-order valence-corrected chi connectivity index (χ1v) is 6.79. The van der Waals surface area contributed by atoms with Crippen LogP contribution in [0.4, 0.5) is 0 Å². The molecule has 0 aromatic heterocycles. The topological polar surface area (TPSA) is 71.1 Å². The van der Waals surface area contributed by atoms with E-state index in [0.717, 1.165) is 0 Å². The summed E-state index contributed by atoms with van der Waals surface area (Å²) in [6, 6.07) is 13.3. The van der Waals surface area contributed by atoms with E-state index in [1.807, 2.05) is 6.07 Å². The Hall–Kier alpha value is -3.02. The first-order chi connectivity index (χ1) is 11.1. The lowest BCUT2D eigenvalue weighted by Crippen LogP contribution is -2.18. The standard InChI is InChI=1S/C17H16O6/c1-20-15-10-12(17(19)21-2)8-9-14(15)23-16(18)11-22-13-6-4-3-5-7-13/h3-10H,11H2,1-2H3. The van der Waals surface area contributed by atoms with Gasteiger partial charge in [0, 0.05) is 0 Å². The zero-order chi connectivity index (χ0) is 16.7. The normalized spacial score (nSPS) is 9.83. The van der Waals surface area contributed by atoms with Crippen molar-refractivity contribution in [2.75, 3.05) is 20.8 Å². The van der Waals surface area contributed by atoms with Crippen LogP contribution in [0.5, 0.6) is 17.2 Å². The number of benzene rings is 2. The number of carbonyl (C=O) groups excluding carboxylic acids is 2. The Morgan fingerprint density at radius 2 is 1.70 bits per heavy atom. The molecule has 0 spiro atoms. The van der Waals surface area contributed by atoms with Gasteiger partial charge in [-0.3, -0.25) is 0 Å². The summed E-state index contributed by atoms with van der Waals surface area (Å²) in [7, 11) is 2.69. The Morgan fingerprint density at radius 3 is 2.35 bits per heavy atom. The molecule has 0 radical (unpaired) electrons. The van der Waals surface area contributed by atoms with Gasteiger partial charge >= 0.3 is 11.9 Å². The second kappa shape index (κ2) is 7.84. The third-order valence-electron chi connectivity index (χ3n) is 2.91. The zero-order valence-electron chi connectivity index (χ0n) is 12.8. The third-order valence-corrected chi connectivity index (χ3v) is 2.91. The monoisotopic (exact) mass is 316 g/mol. The van der Waals surface area contributed by atoms with E-state index in [1.165, 1.54) is 32.4 Å². The summed E-state index contributed by atoms with van der Waals surface area (Å²) in [4.78, 5) is 23.3. The van der Waals surface area contributed by atoms with Crippen LogP contribution in [-0.4, -0.2) is 32.8 Å². The van der Waals surface area contributed by atoms with Crippen molar-refractivity contribution in [2.24, 2.45) is 0 Å². The minimum absolute atomic E-state index is 0.196. The van der Waals surface area contributed by atoms with Crippen LogP contribution < -0.4 is 14.2 Å².